The minimum Gasteiger partial charge on any atom is -0.368 e. The van der Waals surface area contributed by atoms with Gasteiger partial charge in [0, 0.05) is 0 Å². The lowest BCUT2D eigenvalue weighted by Crippen LogP contribution is -2.13. The zero-order chi connectivity index (χ0) is 7.61. The Labute approximate surface area is 61.2 Å². The fourth-order valence-corrected chi connectivity index (χ4v) is 0.630. The van der Waals surface area contributed by atoms with Crippen molar-refractivity contribution in [3.63, 3.8) is 0 Å². The molecule has 10 heavy (non-hydrogen) atoms. The Bertz CT molecular complexity index is 133. The normalized spacial score (nSPS) is 20.3. The van der Waals surface area contributed by atoms with Crippen LogP contribution in [0, 0.1) is 5.92 Å². The first-order valence-electron chi connectivity index (χ1n) is 3.69. The van der Waals surface area contributed by atoms with E-state index in [0.29, 0.717) is 0 Å². The zero-order valence-corrected chi connectivity index (χ0v) is 6.54. The van der Waals surface area contributed by atoms with Crippen molar-refractivity contribution in [2.24, 2.45) is 16.1 Å². The molecule has 1 fully saturated rings. The molecule has 0 bridgehead atoms. The van der Waals surface area contributed by atoms with Gasteiger partial charge in [-0.2, -0.15) is 10.2 Å². The third-order valence-electron chi connectivity index (χ3n) is 1.35. The summed E-state index contributed by atoms with van der Waals surface area (Å²) in [4.78, 5) is 0. The Kier molecular flexibility index (Phi) is 2.04. The summed E-state index contributed by atoms with van der Waals surface area (Å²) in [7, 11) is 0. The number of azo groups is 1. The van der Waals surface area contributed by atoms with Crippen molar-refractivity contribution in [3.05, 3.63) is 0 Å². The summed E-state index contributed by atoms with van der Waals surface area (Å²) in [5.41, 5.74) is -0.977. The molecular formula is C7H14N2O. The van der Waals surface area contributed by atoms with Crippen molar-refractivity contribution in [3.8, 4) is 0 Å². The standard InChI is InChI=1S/C7H14N2O/c1-7(2,10)9-8-5-6-3-4-6/h6,10H,3-5H2,1-2H3. The molecule has 3 heteroatoms. The number of hydrogen-bond donors (Lipinski definition) is 1. The second kappa shape index (κ2) is 2.66. The van der Waals surface area contributed by atoms with Gasteiger partial charge >= 0.3 is 0 Å². The third-order valence-corrected chi connectivity index (χ3v) is 1.35. The Morgan fingerprint density at radius 2 is 2.10 bits per heavy atom. The highest BCUT2D eigenvalue weighted by atomic mass is 16.3. The Balaban J connectivity index is 2.15. The molecule has 0 spiro atoms. The van der Waals surface area contributed by atoms with Crippen molar-refractivity contribution < 1.29 is 5.11 Å². The summed E-state index contributed by atoms with van der Waals surface area (Å²) in [6.45, 7) is 4.05. The zero-order valence-electron chi connectivity index (χ0n) is 6.54. The first kappa shape index (κ1) is 7.66. The van der Waals surface area contributed by atoms with E-state index in [1.165, 1.54) is 12.8 Å². The third kappa shape index (κ3) is 3.56. The Hall–Kier alpha value is -0.440. The molecule has 0 aromatic carbocycles. The molecule has 1 aliphatic carbocycles. The highest BCUT2D eigenvalue weighted by Gasteiger charge is 2.20. The van der Waals surface area contributed by atoms with Crippen LogP contribution < -0.4 is 0 Å². The monoisotopic (exact) mass is 142 g/mol. The minimum absolute atomic E-state index is 0.756. The van der Waals surface area contributed by atoms with Crippen LogP contribution >= 0.6 is 0 Å². The maximum atomic E-state index is 9.09. The smallest absolute Gasteiger partial charge is 0.170 e. The topological polar surface area (TPSA) is 45.0 Å². The maximum absolute atomic E-state index is 9.09. The highest BCUT2D eigenvalue weighted by molar-refractivity contribution is 4.74. The summed E-state index contributed by atoms with van der Waals surface area (Å²) in [5, 5.41) is 16.7. The second-order valence-corrected chi connectivity index (χ2v) is 3.36. The summed E-state index contributed by atoms with van der Waals surface area (Å²) in [6.07, 6.45) is 2.57. The molecule has 1 aliphatic rings. The molecule has 0 heterocycles. The maximum Gasteiger partial charge on any atom is 0.170 e. The van der Waals surface area contributed by atoms with E-state index in [2.05, 4.69) is 10.2 Å². The van der Waals surface area contributed by atoms with Gasteiger partial charge < -0.3 is 5.11 Å². The van der Waals surface area contributed by atoms with Crippen LogP contribution in [0.4, 0.5) is 0 Å². The van der Waals surface area contributed by atoms with Crippen LogP contribution in [0.3, 0.4) is 0 Å². The predicted molar refractivity (Wildman–Crippen MR) is 38.7 cm³/mol. The van der Waals surface area contributed by atoms with Gasteiger partial charge in [-0.15, -0.1) is 0 Å². The molecule has 58 valence electrons. The molecule has 0 aliphatic heterocycles. The highest BCUT2D eigenvalue weighted by Crippen LogP contribution is 2.29. The molecule has 0 amide bonds. The van der Waals surface area contributed by atoms with Crippen molar-refractivity contribution in [2.45, 2.75) is 32.4 Å². The van der Waals surface area contributed by atoms with Gasteiger partial charge in [0.05, 0.1) is 6.54 Å². The molecule has 0 unspecified atom stereocenters. The van der Waals surface area contributed by atoms with Crippen LogP contribution in [0.1, 0.15) is 26.7 Å². The van der Waals surface area contributed by atoms with E-state index >= 15 is 0 Å². The first-order valence-corrected chi connectivity index (χ1v) is 3.69. The van der Waals surface area contributed by atoms with Gasteiger partial charge in [0.1, 0.15) is 0 Å². The molecule has 0 atom stereocenters. The van der Waals surface area contributed by atoms with Crippen LogP contribution in [0.25, 0.3) is 0 Å². The number of rotatable bonds is 3. The SMILES string of the molecule is CC(C)(O)N=NCC1CC1. The molecular weight excluding hydrogens is 128 g/mol. The quantitative estimate of drug-likeness (QED) is 0.597. The lowest BCUT2D eigenvalue weighted by molar-refractivity contribution is 0.0815. The second-order valence-electron chi connectivity index (χ2n) is 3.36. The van der Waals surface area contributed by atoms with Crippen molar-refractivity contribution in [1.82, 2.24) is 0 Å². The van der Waals surface area contributed by atoms with Gasteiger partial charge in [-0.05, 0) is 32.6 Å². The first-order chi connectivity index (χ1) is 4.58. The molecule has 3 nitrogen and oxygen atoms in total. The van der Waals surface area contributed by atoms with Crippen LogP contribution in [-0.2, 0) is 0 Å². The van der Waals surface area contributed by atoms with Crippen molar-refractivity contribution >= 4 is 0 Å². The lowest BCUT2D eigenvalue weighted by Gasteiger charge is -2.07. The van der Waals surface area contributed by atoms with Crippen LogP contribution in [-0.4, -0.2) is 17.4 Å². The Morgan fingerprint density at radius 1 is 1.50 bits per heavy atom. The summed E-state index contributed by atoms with van der Waals surface area (Å²) in [6, 6.07) is 0. The Morgan fingerprint density at radius 3 is 2.50 bits per heavy atom. The average Bonchev–Trinajstić information content (AvgIpc) is 2.45. The molecule has 0 aromatic rings. The van der Waals surface area contributed by atoms with Crippen LogP contribution in [0.15, 0.2) is 10.2 Å². The predicted octanol–water partition coefficient (Wildman–Crippen LogP) is 1.58. The summed E-state index contributed by atoms with van der Waals surface area (Å²) < 4.78 is 0. The average molecular weight is 142 g/mol. The largest absolute Gasteiger partial charge is 0.368 e. The molecule has 1 saturated carbocycles. The van der Waals surface area contributed by atoms with Gasteiger partial charge in [-0.25, -0.2) is 0 Å². The van der Waals surface area contributed by atoms with E-state index in [0.717, 1.165) is 12.5 Å². The number of aliphatic hydroxyl groups is 1. The van der Waals surface area contributed by atoms with E-state index in [4.69, 9.17) is 5.11 Å². The lowest BCUT2D eigenvalue weighted by atomic mass is 10.3. The molecule has 1 N–H and O–H groups in total. The fourth-order valence-electron chi connectivity index (χ4n) is 0.630. The molecule has 0 radical (unpaired) electrons. The van der Waals surface area contributed by atoms with Gasteiger partial charge in [-0.3, -0.25) is 0 Å². The van der Waals surface area contributed by atoms with Gasteiger partial charge in [0.2, 0.25) is 0 Å². The van der Waals surface area contributed by atoms with E-state index in [1.807, 2.05) is 0 Å². The minimum atomic E-state index is -0.977. The van der Waals surface area contributed by atoms with Crippen molar-refractivity contribution in [2.75, 3.05) is 6.54 Å². The van der Waals surface area contributed by atoms with Crippen LogP contribution in [0.2, 0.25) is 0 Å². The van der Waals surface area contributed by atoms with Gasteiger partial charge in [-0.1, -0.05) is 0 Å². The molecule has 0 saturated heterocycles. The van der Waals surface area contributed by atoms with E-state index in [1.54, 1.807) is 13.8 Å². The van der Waals surface area contributed by atoms with Gasteiger partial charge in [0.25, 0.3) is 0 Å². The van der Waals surface area contributed by atoms with E-state index in [9.17, 15) is 0 Å². The fraction of sp³-hybridized carbons (Fsp3) is 1.00. The van der Waals surface area contributed by atoms with E-state index in [-0.39, 0.29) is 0 Å². The van der Waals surface area contributed by atoms with Gasteiger partial charge in [0.15, 0.2) is 5.72 Å². The summed E-state index contributed by atoms with van der Waals surface area (Å²) >= 11 is 0. The number of hydrogen-bond acceptors (Lipinski definition) is 3. The number of nitrogens with zero attached hydrogens (tertiary/aromatic N) is 2. The van der Waals surface area contributed by atoms with E-state index < -0.39 is 5.72 Å². The van der Waals surface area contributed by atoms with Crippen LogP contribution in [0.5, 0.6) is 0 Å². The molecule has 1 rings (SSSR count). The molecule has 0 aromatic heterocycles. The van der Waals surface area contributed by atoms with Crippen molar-refractivity contribution in [1.29, 1.82) is 0 Å². The summed E-state index contributed by atoms with van der Waals surface area (Å²) in [5.74, 6) is 0.756.